The van der Waals surface area contributed by atoms with Crippen molar-refractivity contribution in [3.63, 3.8) is 0 Å². The molecule has 0 aromatic heterocycles. The van der Waals surface area contributed by atoms with Crippen LogP contribution in [-0.4, -0.2) is 178 Å². The monoisotopic (exact) mass is 1180 g/mol. The maximum atomic E-state index is 15.4. The third kappa shape index (κ3) is 21.7. The lowest BCUT2D eigenvalue weighted by Gasteiger charge is -2.35. The zero-order valence-electron chi connectivity index (χ0n) is 50.1. The Morgan fingerprint density at radius 1 is 0.843 bits per heavy atom. The summed E-state index contributed by atoms with van der Waals surface area (Å²) in [5.74, 6) is -9.97. The van der Waals surface area contributed by atoms with Crippen molar-refractivity contribution < 1.29 is 72.7 Å². The van der Waals surface area contributed by atoms with Gasteiger partial charge in [-0.15, -0.1) is 0 Å². The number of aliphatic hydroxyl groups excluding tert-OH is 2. The summed E-state index contributed by atoms with van der Waals surface area (Å²) in [5, 5.41) is 49.5. The van der Waals surface area contributed by atoms with Gasteiger partial charge in [-0.3, -0.25) is 38.4 Å². The minimum absolute atomic E-state index is 0.0755. The second kappa shape index (κ2) is 35.1. The Balaban J connectivity index is 0.00000893. The number of rotatable bonds is 17. The molecule has 4 aliphatic rings. The van der Waals surface area contributed by atoms with Crippen LogP contribution in [0.25, 0.3) is 0 Å². The fourth-order valence-corrected chi connectivity index (χ4v) is 10.3. The van der Waals surface area contributed by atoms with Crippen molar-refractivity contribution in [3.05, 3.63) is 71.5 Å². The fraction of sp³-hybridized carbons (Fsp3) is 0.644. The number of carbonyl (C=O) groups is 9. The van der Waals surface area contributed by atoms with Crippen molar-refractivity contribution in [2.45, 2.75) is 187 Å². The summed E-state index contributed by atoms with van der Waals surface area (Å²) in [6.45, 7) is 15.1. The Kier molecular flexibility index (Phi) is 30.0. The van der Waals surface area contributed by atoms with Crippen molar-refractivity contribution in [2.24, 2.45) is 23.5 Å². The van der Waals surface area contributed by atoms with Gasteiger partial charge in [0.15, 0.2) is 6.04 Å². The number of likely N-dealkylation sites (N-methyl/N-ethyl adjacent to an activating group) is 1. The molecule has 1 saturated heterocycles. The molecule has 1 aromatic carbocycles. The van der Waals surface area contributed by atoms with E-state index in [0.717, 1.165) is 36.7 Å². The van der Waals surface area contributed by atoms with Gasteiger partial charge in [-0.1, -0.05) is 104 Å². The van der Waals surface area contributed by atoms with Crippen molar-refractivity contribution in [3.8, 4) is 0 Å². The van der Waals surface area contributed by atoms with Crippen LogP contribution < -0.4 is 37.6 Å². The summed E-state index contributed by atoms with van der Waals surface area (Å²) in [5.41, 5.74) is 4.82. The predicted molar refractivity (Wildman–Crippen MR) is 313 cm³/mol. The lowest BCUT2D eigenvalue weighted by Crippen LogP contribution is -2.62. The van der Waals surface area contributed by atoms with E-state index in [-0.39, 0.29) is 25.0 Å². The van der Waals surface area contributed by atoms with Crippen LogP contribution in [0.4, 0.5) is 0 Å². The molecule has 1 fully saturated rings. The summed E-state index contributed by atoms with van der Waals surface area (Å²) in [4.78, 5) is 130. The van der Waals surface area contributed by atoms with E-state index >= 15 is 4.79 Å². The number of thioether (sulfide) groups is 1. The van der Waals surface area contributed by atoms with E-state index in [9.17, 15) is 53.7 Å². The number of benzene rings is 1. The maximum Gasteiger partial charge on any atom is 0.332 e. The van der Waals surface area contributed by atoms with E-state index in [0.29, 0.717) is 35.6 Å². The molecular weight excluding hydrogens is 1090 g/mol. The zero-order chi connectivity index (χ0) is 62.1. The molecule has 0 unspecified atom stereocenters. The van der Waals surface area contributed by atoms with Crippen LogP contribution in [0.3, 0.4) is 0 Å². The number of carbonyl (C=O) groups excluding carboxylic acids is 9. The molecule has 83 heavy (non-hydrogen) atoms. The fourth-order valence-electron chi connectivity index (χ4n) is 9.13. The zero-order valence-corrected chi connectivity index (χ0v) is 50.9. The first-order valence-corrected chi connectivity index (χ1v) is 30.1. The number of hydrogen-bond acceptors (Lipinski definition) is 17. The normalized spacial score (nSPS) is 27.5. The number of amides is 7. The molecule has 7 amide bonds. The topological polar surface area (TPSA) is 343 Å². The summed E-state index contributed by atoms with van der Waals surface area (Å²) >= 11 is 1.45. The molecule has 464 valence electrons. The molecule has 23 nitrogen and oxygen atoms in total. The molecule has 5 rings (SSSR count). The summed E-state index contributed by atoms with van der Waals surface area (Å²) in [6.07, 6.45) is 3.93. The highest BCUT2D eigenvalue weighted by Crippen LogP contribution is 2.30. The summed E-state index contributed by atoms with van der Waals surface area (Å²) < 4.78 is 17.6. The van der Waals surface area contributed by atoms with Crippen LogP contribution in [0.5, 0.6) is 0 Å². The smallest absolute Gasteiger partial charge is 0.332 e. The molecule has 0 radical (unpaired) electrons. The second-order valence-electron chi connectivity index (χ2n) is 21.5. The highest BCUT2D eigenvalue weighted by Gasteiger charge is 2.43. The molecule has 11 N–H and O–H groups in total. The number of nitrogens with zero attached hydrogens (tertiary/aromatic N) is 1. The minimum atomic E-state index is -1.97. The molecule has 4 bridgehead atoms. The summed E-state index contributed by atoms with van der Waals surface area (Å²) in [6, 6.07) is -1.41. The van der Waals surface area contributed by atoms with Gasteiger partial charge < -0.3 is 72.1 Å². The quantitative estimate of drug-likeness (QED) is 0.0785. The second-order valence-corrected chi connectivity index (χ2v) is 22.6. The molecule has 0 saturated carbocycles. The van der Waals surface area contributed by atoms with Gasteiger partial charge >= 0.3 is 11.9 Å². The molecular formula is C59H92N8O15S. The van der Waals surface area contributed by atoms with Gasteiger partial charge in [-0.25, -0.2) is 4.79 Å². The van der Waals surface area contributed by atoms with Crippen LogP contribution in [0, 0.1) is 17.8 Å². The average Bonchev–Trinajstić information content (AvgIpc) is 3.54. The number of nitrogens with two attached hydrogens (primary N) is 1. The maximum absolute atomic E-state index is 15.4. The Labute approximate surface area is 492 Å². The van der Waals surface area contributed by atoms with E-state index in [1.807, 2.05) is 13.8 Å². The summed E-state index contributed by atoms with van der Waals surface area (Å²) in [7, 11) is 1.34. The number of ether oxygens (including phenoxy) is 3. The first-order chi connectivity index (χ1) is 39.3. The van der Waals surface area contributed by atoms with Crippen LogP contribution in [0.2, 0.25) is 0 Å². The Morgan fingerprint density at radius 2 is 1.49 bits per heavy atom. The van der Waals surface area contributed by atoms with Gasteiger partial charge in [0.05, 0.1) is 23.9 Å². The van der Waals surface area contributed by atoms with E-state index in [1.54, 1.807) is 77.1 Å². The number of unbranched alkanes of at least 4 members (excludes halogenated alkanes) is 3. The lowest BCUT2D eigenvalue weighted by atomic mass is 9.92. The number of esters is 2. The predicted octanol–water partition coefficient (Wildman–Crippen LogP) is 1.75. The first-order valence-electron chi connectivity index (χ1n) is 28.9. The minimum Gasteiger partial charge on any atom is -0.492 e. The standard InChI is InChI=1S/C57H86N8O15S.C2H6/c1-10-33(4)45-52(72)64-48-39-20-22-40(23-21-39)80-37(8)57(77,31-81-27-17-12-11-16-26-58)25-24-43(67)59-29-44(68)78-30-41(56(76)79-36(7)47(54(74)61-45)63-50(70)34(5)49(69)32(2)3)60-53(73)46(35(6)66)62-51(71)42(65(9)55(48)75)28-38-18-14-13-15-19-38;1-2/h13-15,18-20,22,24-25,32-37,41-42,45-49,66,69,77H,10-12,16-17,21,23,26-31,58H2,1-9H3,(H,59,67)(H,60,73)(H,61,74)(H,62,71)(H,63,70)(H,64,72);1-2H3/b25-24+;/t33-,34+,35+,36+,37+,41-,42-,45+,46+,47-,48-,49+,57-;/m0./s1. The number of fused-ring (bicyclic) bond motifs is 11. The number of allylic oxidation sites excluding steroid dienone is 3. The molecule has 13 atom stereocenters. The van der Waals surface area contributed by atoms with Gasteiger partial charge in [0.1, 0.15) is 61.2 Å². The van der Waals surface area contributed by atoms with Gasteiger partial charge in [0.25, 0.3) is 0 Å². The first kappa shape index (κ1) is 70.9. The Morgan fingerprint density at radius 3 is 2.11 bits per heavy atom. The molecule has 0 spiro atoms. The van der Waals surface area contributed by atoms with Crippen LogP contribution in [0.15, 0.2) is 66.0 Å². The van der Waals surface area contributed by atoms with E-state index in [1.165, 1.54) is 45.7 Å². The number of hydrogen-bond donors (Lipinski definition) is 10. The third-order valence-corrected chi connectivity index (χ3v) is 16.0. The highest BCUT2D eigenvalue weighted by molar-refractivity contribution is 7.99. The SMILES string of the molecule is CC.CC[C@H](C)[C@H]1NC(=O)[C@@H](NC(=O)[C@H](C)[C@H](O)C(C)C)[C@@H](C)OC(=O)[C@@H]2COC(=O)CNC(=O)/C=C/[C@](O)(CSCCCCCCN)[C@@H](C)OC3=CC=C(CC3)[C@H](NC1=O)C(=O)N(C)[C@@H](Cc1ccccc1)C(=O)N[C@H]([C@@H](C)O)C(=O)N2. The van der Waals surface area contributed by atoms with Crippen LogP contribution in [0.1, 0.15) is 120 Å². The number of cyclic esters (lactones) is 1. The number of aliphatic hydroxyl groups is 3. The Hall–Kier alpha value is -6.34. The molecule has 3 heterocycles. The average molecular weight is 1190 g/mol. The molecule has 1 aromatic rings. The molecule has 1 aliphatic carbocycles. The number of nitrogens with one attached hydrogen (secondary N) is 6. The third-order valence-electron chi connectivity index (χ3n) is 14.8. The Bertz CT molecular complexity index is 2440. The largest absolute Gasteiger partial charge is 0.492 e. The molecule has 24 heteroatoms. The van der Waals surface area contributed by atoms with Crippen LogP contribution >= 0.6 is 11.8 Å². The van der Waals surface area contributed by atoms with Crippen molar-refractivity contribution in [1.29, 1.82) is 0 Å². The van der Waals surface area contributed by atoms with Gasteiger partial charge in [-0.2, -0.15) is 11.8 Å². The van der Waals surface area contributed by atoms with E-state index < -0.39 is 150 Å². The van der Waals surface area contributed by atoms with Gasteiger partial charge in [0, 0.05) is 31.7 Å². The van der Waals surface area contributed by atoms with Gasteiger partial charge in [0.2, 0.25) is 41.4 Å². The van der Waals surface area contributed by atoms with E-state index in [2.05, 4.69) is 31.9 Å². The van der Waals surface area contributed by atoms with Crippen LogP contribution in [-0.2, 0) is 63.8 Å². The van der Waals surface area contributed by atoms with Crippen molar-refractivity contribution >= 4 is 65.1 Å². The van der Waals surface area contributed by atoms with Crippen molar-refractivity contribution in [2.75, 3.05) is 38.2 Å². The lowest BCUT2D eigenvalue weighted by molar-refractivity contribution is -0.160. The van der Waals surface area contributed by atoms with Crippen molar-refractivity contribution in [1.82, 2.24) is 36.8 Å². The van der Waals surface area contributed by atoms with E-state index in [4.69, 9.17) is 19.9 Å². The highest BCUT2D eigenvalue weighted by atomic mass is 32.2. The van der Waals surface area contributed by atoms with Gasteiger partial charge in [-0.05, 0) is 87.5 Å². The molecule has 3 aliphatic heterocycles.